The monoisotopic (exact) mass is 379 g/mol. The third kappa shape index (κ3) is 5.25. The number of rotatable bonds is 5. The quantitative estimate of drug-likeness (QED) is 0.816. The van der Waals surface area contributed by atoms with E-state index in [-0.39, 0.29) is 0 Å². The van der Waals surface area contributed by atoms with E-state index in [1.807, 2.05) is 20.8 Å². The molecule has 0 saturated heterocycles. The number of thiazole rings is 1. The molecule has 7 nitrogen and oxygen atoms in total. The average molecular weight is 380 g/mol. The lowest BCUT2D eigenvalue weighted by molar-refractivity contribution is -0.138. The molecule has 9 heteroatoms. The van der Waals surface area contributed by atoms with Crippen LogP contribution in [0.5, 0.6) is 0 Å². The first kappa shape index (κ1) is 17.9. The van der Waals surface area contributed by atoms with Gasteiger partial charge in [-0.15, -0.1) is 11.3 Å². The predicted octanol–water partition coefficient (Wildman–Crippen LogP) is 2.37. The Balaban J connectivity index is 2.95. The minimum Gasteiger partial charge on any atom is -0.433 e. The molecule has 0 aliphatic heterocycles. The Labute approximate surface area is 135 Å². The van der Waals surface area contributed by atoms with Crippen molar-refractivity contribution in [3.8, 4) is 0 Å². The molecule has 1 rings (SSSR count). The van der Waals surface area contributed by atoms with E-state index in [0.29, 0.717) is 9.73 Å². The number of ether oxygens (including phenoxy) is 2. The molecule has 0 radical (unpaired) electrons. The molecule has 1 aromatic heterocycles. The number of nitrogens with one attached hydrogen (secondary N) is 1. The van der Waals surface area contributed by atoms with Crippen LogP contribution in [0.4, 0.5) is 9.93 Å². The number of carbonyl (C=O) groups excluding carboxylic acids is 2. The molecular weight excluding hydrogens is 362 g/mol. The highest BCUT2D eigenvalue weighted by Crippen LogP contribution is 2.27. The third-order valence-electron chi connectivity index (χ3n) is 2.59. The number of anilines is 1. The van der Waals surface area contributed by atoms with Gasteiger partial charge < -0.3 is 15.2 Å². The van der Waals surface area contributed by atoms with E-state index in [0.717, 1.165) is 0 Å². The minimum atomic E-state index is -1.17. The van der Waals surface area contributed by atoms with Gasteiger partial charge in [0.25, 0.3) is 5.91 Å². The fourth-order valence-electron chi connectivity index (χ4n) is 1.80. The maximum Gasteiger partial charge on any atom is 0.405 e. The second kappa shape index (κ2) is 7.19. The fourth-order valence-corrected chi connectivity index (χ4v) is 2.94. The maximum atomic E-state index is 12.3. The van der Waals surface area contributed by atoms with Gasteiger partial charge in [0, 0.05) is 12.5 Å². The van der Waals surface area contributed by atoms with Crippen LogP contribution in [0.3, 0.4) is 0 Å². The minimum absolute atomic E-state index is 0.383. The SMILES string of the molecule is CO[C@H](C(OC(N)=O)C(=O)Nc1nc(Br)cs1)C(C)(C)C. The van der Waals surface area contributed by atoms with Gasteiger partial charge in [0.05, 0.1) is 0 Å². The number of carbonyl (C=O) groups is 2. The van der Waals surface area contributed by atoms with E-state index >= 15 is 0 Å². The van der Waals surface area contributed by atoms with Gasteiger partial charge >= 0.3 is 6.09 Å². The van der Waals surface area contributed by atoms with Gasteiger partial charge in [0.1, 0.15) is 10.7 Å². The molecule has 0 aromatic carbocycles. The molecule has 0 aliphatic carbocycles. The summed E-state index contributed by atoms with van der Waals surface area (Å²) in [7, 11) is 1.44. The van der Waals surface area contributed by atoms with Gasteiger partial charge in [0.15, 0.2) is 5.13 Å². The zero-order valence-electron chi connectivity index (χ0n) is 12.2. The smallest absolute Gasteiger partial charge is 0.405 e. The molecule has 2 atom stereocenters. The number of hydrogen-bond acceptors (Lipinski definition) is 6. The van der Waals surface area contributed by atoms with Crippen LogP contribution in [0, 0.1) is 5.41 Å². The lowest BCUT2D eigenvalue weighted by Gasteiger charge is -2.33. The van der Waals surface area contributed by atoms with E-state index < -0.39 is 29.6 Å². The van der Waals surface area contributed by atoms with Crippen LogP contribution in [0.25, 0.3) is 0 Å². The Morgan fingerprint density at radius 3 is 2.48 bits per heavy atom. The van der Waals surface area contributed by atoms with Crippen LogP contribution in [0.2, 0.25) is 0 Å². The van der Waals surface area contributed by atoms with Gasteiger partial charge in [0.2, 0.25) is 6.10 Å². The highest BCUT2D eigenvalue weighted by molar-refractivity contribution is 9.10. The van der Waals surface area contributed by atoms with E-state index in [4.69, 9.17) is 15.2 Å². The molecule has 0 fully saturated rings. The lowest BCUT2D eigenvalue weighted by Crippen LogP contribution is -2.49. The number of aromatic nitrogens is 1. The van der Waals surface area contributed by atoms with Crippen molar-refractivity contribution in [1.82, 2.24) is 4.98 Å². The summed E-state index contributed by atoms with van der Waals surface area (Å²) in [5.41, 5.74) is 4.61. The van der Waals surface area contributed by atoms with Crippen molar-refractivity contribution in [3.63, 3.8) is 0 Å². The zero-order valence-corrected chi connectivity index (χ0v) is 14.6. The summed E-state index contributed by atoms with van der Waals surface area (Å²) in [6.45, 7) is 5.60. The molecule has 21 heavy (non-hydrogen) atoms. The molecule has 0 aliphatic rings. The van der Waals surface area contributed by atoms with Crippen LogP contribution < -0.4 is 11.1 Å². The number of methoxy groups -OCH3 is 1. The predicted molar refractivity (Wildman–Crippen MR) is 83.2 cm³/mol. The summed E-state index contributed by atoms with van der Waals surface area (Å²) in [5, 5.41) is 4.68. The lowest BCUT2D eigenvalue weighted by atomic mass is 9.85. The zero-order chi connectivity index (χ0) is 16.2. The Bertz CT molecular complexity index is 515. The Morgan fingerprint density at radius 1 is 1.48 bits per heavy atom. The molecule has 1 heterocycles. The van der Waals surface area contributed by atoms with E-state index in [2.05, 4.69) is 26.2 Å². The molecule has 1 unspecified atom stereocenters. The van der Waals surface area contributed by atoms with Crippen molar-refractivity contribution in [3.05, 3.63) is 9.98 Å². The van der Waals surface area contributed by atoms with Crippen molar-refractivity contribution in [2.75, 3.05) is 12.4 Å². The van der Waals surface area contributed by atoms with Gasteiger partial charge in [-0.3, -0.25) is 10.1 Å². The third-order valence-corrected chi connectivity index (χ3v) is 4.06. The Kier molecular flexibility index (Phi) is 6.11. The van der Waals surface area contributed by atoms with Crippen molar-refractivity contribution < 1.29 is 19.1 Å². The molecule has 118 valence electrons. The normalized spacial score (nSPS) is 14.3. The van der Waals surface area contributed by atoms with Crippen molar-refractivity contribution in [1.29, 1.82) is 0 Å². The number of amides is 2. The van der Waals surface area contributed by atoms with Gasteiger partial charge in [-0.25, -0.2) is 9.78 Å². The summed E-state index contributed by atoms with van der Waals surface area (Å²) in [5.74, 6) is -0.544. The van der Waals surface area contributed by atoms with Crippen LogP contribution in [0.1, 0.15) is 20.8 Å². The second-order valence-electron chi connectivity index (χ2n) is 5.34. The summed E-state index contributed by atoms with van der Waals surface area (Å²) < 4.78 is 10.9. The molecule has 0 spiro atoms. The number of nitrogens with two attached hydrogens (primary N) is 1. The number of primary amides is 1. The standard InChI is InChI=1S/C12H18BrN3O4S/c1-12(2,3)8(19-4)7(20-10(14)18)9(17)16-11-15-6(13)5-21-11/h5,7-8H,1-4H3,(H2,14,18)(H,15,16,17)/t7?,8-/m1/s1. The molecule has 2 amide bonds. The van der Waals surface area contributed by atoms with Crippen molar-refractivity contribution in [2.24, 2.45) is 11.1 Å². The maximum absolute atomic E-state index is 12.3. The van der Waals surface area contributed by atoms with Crippen molar-refractivity contribution >= 4 is 44.4 Å². The van der Waals surface area contributed by atoms with Crippen LogP contribution in [0.15, 0.2) is 9.98 Å². The average Bonchev–Trinajstić information content (AvgIpc) is 2.72. The molecule has 3 N–H and O–H groups in total. The highest BCUT2D eigenvalue weighted by Gasteiger charge is 2.39. The molecule has 0 saturated carbocycles. The summed E-state index contributed by atoms with van der Waals surface area (Å²) in [6, 6.07) is 0. The molecule has 0 bridgehead atoms. The Hall–Kier alpha value is -1.19. The summed E-state index contributed by atoms with van der Waals surface area (Å²) in [4.78, 5) is 27.4. The number of halogens is 1. The van der Waals surface area contributed by atoms with Crippen LogP contribution in [-0.4, -0.2) is 36.3 Å². The van der Waals surface area contributed by atoms with Crippen LogP contribution >= 0.6 is 27.3 Å². The van der Waals surface area contributed by atoms with E-state index in [9.17, 15) is 9.59 Å². The molecule has 1 aromatic rings. The summed E-state index contributed by atoms with van der Waals surface area (Å²) >= 11 is 4.43. The Morgan fingerprint density at radius 2 is 2.10 bits per heavy atom. The highest BCUT2D eigenvalue weighted by atomic mass is 79.9. The van der Waals surface area contributed by atoms with Crippen LogP contribution in [-0.2, 0) is 14.3 Å². The van der Waals surface area contributed by atoms with Gasteiger partial charge in [-0.05, 0) is 21.3 Å². The first-order chi connectivity index (χ1) is 9.65. The largest absolute Gasteiger partial charge is 0.433 e. The second-order valence-corrected chi connectivity index (χ2v) is 7.02. The fraction of sp³-hybridized carbons (Fsp3) is 0.583. The van der Waals surface area contributed by atoms with Gasteiger partial charge in [-0.2, -0.15) is 0 Å². The van der Waals surface area contributed by atoms with E-state index in [1.165, 1.54) is 18.4 Å². The van der Waals surface area contributed by atoms with Gasteiger partial charge in [-0.1, -0.05) is 20.8 Å². The summed E-state index contributed by atoms with van der Waals surface area (Å²) in [6.07, 6.45) is -2.87. The first-order valence-electron chi connectivity index (χ1n) is 6.06. The number of nitrogens with zero attached hydrogens (tertiary/aromatic N) is 1. The van der Waals surface area contributed by atoms with E-state index in [1.54, 1.807) is 5.38 Å². The molecular formula is C12H18BrN3O4S. The number of hydrogen-bond donors (Lipinski definition) is 2. The van der Waals surface area contributed by atoms with Crippen molar-refractivity contribution in [2.45, 2.75) is 33.0 Å². The topological polar surface area (TPSA) is 104 Å². The first-order valence-corrected chi connectivity index (χ1v) is 7.73.